The highest BCUT2D eigenvalue weighted by atomic mass is 16.1. The third-order valence-electron chi connectivity index (χ3n) is 1.11. The molecule has 0 saturated carbocycles. The highest BCUT2D eigenvalue weighted by Gasteiger charge is 1.90. The maximum absolute atomic E-state index is 10.1. The molecule has 0 aliphatic heterocycles. The Labute approximate surface area is 58.5 Å². The molecule has 0 unspecified atom stereocenters. The minimum absolute atomic E-state index is 0.407. The van der Waals surface area contributed by atoms with Crippen molar-refractivity contribution in [1.82, 2.24) is 0 Å². The van der Waals surface area contributed by atoms with Gasteiger partial charge in [0, 0.05) is 11.1 Å². The predicted molar refractivity (Wildman–Crippen MR) is 36.1 cm³/mol. The maximum atomic E-state index is 10.1. The maximum Gasteiger partial charge on any atom is 0.150 e. The van der Waals surface area contributed by atoms with Crippen LogP contribution in [0.5, 0.6) is 0 Å². The summed E-state index contributed by atoms with van der Waals surface area (Å²) >= 11 is 0. The Morgan fingerprint density at radius 1 is 1.30 bits per heavy atom. The topological polar surface area (TPSA) is 34.1 Å². The summed E-state index contributed by atoms with van der Waals surface area (Å²) in [4.78, 5) is 20.3. The average Bonchev–Trinajstić information content (AvgIpc) is 2.05. The molecule has 0 atom stereocenters. The molecule has 0 spiro atoms. The number of hydrogen-bond donors (Lipinski definition) is 0. The molecule has 0 bridgehead atoms. The monoisotopic (exact) mass is 133 g/mol. The summed E-state index contributed by atoms with van der Waals surface area (Å²) in [6, 6.07) is 7.30. The Morgan fingerprint density at radius 2 is 2.10 bits per heavy atom. The molecule has 1 aromatic rings. The summed E-state index contributed by atoms with van der Waals surface area (Å²) in [6.07, 6.45) is 1.35. The molecule has 10 heavy (non-hydrogen) atoms. The van der Waals surface area contributed by atoms with Gasteiger partial charge in [0.2, 0.25) is 0 Å². The number of carbonyl (C=O) groups is 2. The normalized spacial score (nSPS) is 8.80. The SMILES string of the molecule is O=Cc1[c]ccc(C=O)c1. The van der Waals surface area contributed by atoms with E-state index in [9.17, 15) is 9.59 Å². The molecule has 1 aromatic carbocycles. The fourth-order valence-corrected chi connectivity index (χ4v) is 0.645. The van der Waals surface area contributed by atoms with E-state index in [2.05, 4.69) is 6.07 Å². The van der Waals surface area contributed by atoms with Crippen molar-refractivity contribution in [2.24, 2.45) is 0 Å². The van der Waals surface area contributed by atoms with E-state index >= 15 is 0 Å². The minimum Gasteiger partial charge on any atom is -0.298 e. The van der Waals surface area contributed by atoms with Crippen LogP contribution in [0.25, 0.3) is 0 Å². The van der Waals surface area contributed by atoms with Crippen LogP contribution in [0.15, 0.2) is 18.2 Å². The molecule has 0 fully saturated rings. The van der Waals surface area contributed by atoms with Gasteiger partial charge in [0.15, 0.2) is 6.29 Å². The van der Waals surface area contributed by atoms with Crippen LogP contribution >= 0.6 is 0 Å². The minimum atomic E-state index is 0.407. The number of benzene rings is 1. The van der Waals surface area contributed by atoms with Crippen molar-refractivity contribution in [3.05, 3.63) is 35.4 Å². The average molecular weight is 133 g/mol. The van der Waals surface area contributed by atoms with Crippen molar-refractivity contribution in [2.75, 3.05) is 0 Å². The van der Waals surface area contributed by atoms with Gasteiger partial charge in [-0.3, -0.25) is 9.59 Å². The lowest BCUT2D eigenvalue weighted by molar-refractivity contribution is 0.112. The van der Waals surface area contributed by atoms with Gasteiger partial charge in [0.25, 0.3) is 0 Å². The third kappa shape index (κ3) is 1.29. The zero-order chi connectivity index (χ0) is 7.40. The zero-order valence-electron chi connectivity index (χ0n) is 5.20. The van der Waals surface area contributed by atoms with Crippen molar-refractivity contribution in [2.45, 2.75) is 0 Å². The van der Waals surface area contributed by atoms with Crippen molar-refractivity contribution in [3.8, 4) is 0 Å². The summed E-state index contributed by atoms with van der Waals surface area (Å²) < 4.78 is 0. The number of carbonyl (C=O) groups excluding carboxylic acids is 2. The van der Waals surface area contributed by atoms with E-state index in [1.807, 2.05) is 0 Å². The Hall–Kier alpha value is -1.44. The Bertz CT molecular complexity index is 230. The largest absolute Gasteiger partial charge is 0.298 e. The number of aldehydes is 2. The molecule has 1 radical (unpaired) electrons. The quantitative estimate of drug-likeness (QED) is 0.566. The Balaban J connectivity index is 3.09. The van der Waals surface area contributed by atoms with Gasteiger partial charge in [0.1, 0.15) is 6.29 Å². The molecule has 0 aliphatic rings. The first-order chi connectivity index (χ1) is 4.86. The second-order valence-electron chi connectivity index (χ2n) is 1.81. The summed E-state index contributed by atoms with van der Waals surface area (Å²) in [7, 11) is 0. The van der Waals surface area contributed by atoms with Crippen LogP contribution in [-0.2, 0) is 0 Å². The molecule has 49 valence electrons. The van der Waals surface area contributed by atoms with Gasteiger partial charge >= 0.3 is 0 Å². The van der Waals surface area contributed by atoms with E-state index in [4.69, 9.17) is 0 Å². The highest BCUT2D eigenvalue weighted by molar-refractivity contribution is 5.81. The fourth-order valence-electron chi connectivity index (χ4n) is 0.645. The van der Waals surface area contributed by atoms with Gasteiger partial charge < -0.3 is 0 Å². The zero-order valence-corrected chi connectivity index (χ0v) is 5.20. The third-order valence-corrected chi connectivity index (χ3v) is 1.11. The van der Waals surface area contributed by atoms with Crippen LogP contribution in [0.4, 0.5) is 0 Å². The number of hydrogen-bond acceptors (Lipinski definition) is 2. The molecular weight excluding hydrogens is 128 g/mol. The van der Waals surface area contributed by atoms with Crippen molar-refractivity contribution < 1.29 is 9.59 Å². The van der Waals surface area contributed by atoms with Crippen LogP contribution < -0.4 is 0 Å². The summed E-state index contributed by atoms with van der Waals surface area (Å²) in [5.41, 5.74) is 0.908. The van der Waals surface area contributed by atoms with Gasteiger partial charge in [-0.2, -0.15) is 0 Å². The van der Waals surface area contributed by atoms with Crippen molar-refractivity contribution in [1.29, 1.82) is 0 Å². The summed E-state index contributed by atoms with van der Waals surface area (Å²) in [5, 5.41) is 0. The first-order valence-electron chi connectivity index (χ1n) is 2.79. The molecule has 0 saturated heterocycles. The lowest BCUT2D eigenvalue weighted by atomic mass is 10.2. The molecule has 0 heterocycles. The van der Waals surface area contributed by atoms with Crippen LogP contribution in [-0.4, -0.2) is 12.6 Å². The van der Waals surface area contributed by atoms with Gasteiger partial charge in [0.05, 0.1) is 0 Å². The van der Waals surface area contributed by atoms with E-state index in [0.29, 0.717) is 23.7 Å². The van der Waals surface area contributed by atoms with Gasteiger partial charge in [-0.15, -0.1) is 0 Å². The van der Waals surface area contributed by atoms with Crippen LogP contribution in [0.2, 0.25) is 0 Å². The Morgan fingerprint density at radius 3 is 2.70 bits per heavy atom. The summed E-state index contributed by atoms with van der Waals surface area (Å²) in [5.74, 6) is 0. The van der Waals surface area contributed by atoms with Gasteiger partial charge in [-0.05, 0) is 12.1 Å². The lowest BCUT2D eigenvalue weighted by Gasteiger charge is -1.88. The molecule has 0 N–H and O–H groups in total. The number of rotatable bonds is 2. The molecule has 1 rings (SSSR count). The fraction of sp³-hybridized carbons (Fsp3) is 0. The van der Waals surface area contributed by atoms with Gasteiger partial charge in [-0.1, -0.05) is 12.1 Å². The van der Waals surface area contributed by atoms with Crippen molar-refractivity contribution >= 4 is 12.6 Å². The predicted octanol–water partition coefficient (Wildman–Crippen LogP) is 1.11. The molecule has 0 aliphatic carbocycles. The van der Waals surface area contributed by atoms with E-state index < -0.39 is 0 Å². The first-order valence-corrected chi connectivity index (χ1v) is 2.79. The molecule has 0 aromatic heterocycles. The first kappa shape index (κ1) is 6.68. The smallest absolute Gasteiger partial charge is 0.150 e. The molecular formula is C8H5O2. The summed E-state index contributed by atoms with van der Waals surface area (Å²) in [6.45, 7) is 0. The van der Waals surface area contributed by atoms with Crippen LogP contribution in [0.1, 0.15) is 20.7 Å². The molecule has 0 amide bonds. The second-order valence-corrected chi connectivity index (χ2v) is 1.81. The van der Waals surface area contributed by atoms with Crippen LogP contribution in [0, 0.1) is 6.07 Å². The second kappa shape index (κ2) is 2.92. The molecule has 2 heteroatoms. The van der Waals surface area contributed by atoms with E-state index in [-0.39, 0.29) is 0 Å². The van der Waals surface area contributed by atoms with E-state index in [1.165, 1.54) is 6.07 Å². The van der Waals surface area contributed by atoms with E-state index in [0.717, 1.165) is 0 Å². The standard InChI is InChI=1S/C8H5O2/c9-5-7-2-1-3-8(4-7)6-10/h1-2,4-6H. The van der Waals surface area contributed by atoms with Crippen molar-refractivity contribution in [3.63, 3.8) is 0 Å². The lowest BCUT2D eigenvalue weighted by Crippen LogP contribution is -1.83. The van der Waals surface area contributed by atoms with Crippen LogP contribution in [0.3, 0.4) is 0 Å². The van der Waals surface area contributed by atoms with Gasteiger partial charge in [-0.25, -0.2) is 0 Å². The van der Waals surface area contributed by atoms with E-state index in [1.54, 1.807) is 12.1 Å². The Kier molecular flexibility index (Phi) is 1.95. The highest BCUT2D eigenvalue weighted by Crippen LogP contribution is 1.98. The molecule has 2 nitrogen and oxygen atoms in total.